The molecule has 1 fully saturated rings. The molecular weight excluding hydrogens is 272 g/mol. The summed E-state index contributed by atoms with van der Waals surface area (Å²) in [5.74, 6) is -0.368. The predicted octanol–water partition coefficient (Wildman–Crippen LogP) is 4.21. The first-order chi connectivity index (χ1) is 10.0. The molecule has 1 aliphatic carbocycles. The second kappa shape index (κ2) is 6.84. The van der Waals surface area contributed by atoms with Crippen LogP contribution in [0, 0.1) is 17.6 Å². The monoisotopic (exact) mass is 297 g/mol. The van der Waals surface area contributed by atoms with Gasteiger partial charge in [0.15, 0.2) is 0 Å². The Hall–Kier alpha value is -1.00. The van der Waals surface area contributed by atoms with E-state index in [1.165, 1.54) is 18.2 Å². The lowest BCUT2D eigenvalue weighted by atomic mass is 9.73. The highest BCUT2D eigenvalue weighted by atomic mass is 19.1. The third-order valence-electron chi connectivity index (χ3n) is 4.75. The van der Waals surface area contributed by atoms with Crippen LogP contribution >= 0.6 is 0 Å². The maximum absolute atomic E-state index is 14.2. The van der Waals surface area contributed by atoms with E-state index in [1.54, 1.807) is 7.11 Å². The number of rotatable bonds is 5. The van der Waals surface area contributed by atoms with Crippen molar-refractivity contribution in [1.82, 2.24) is 5.32 Å². The Morgan fingerprint density at radius 2 is 1.86 bits per heavy atom. The highest BCUT2D eigenvalue weighted by Gasteiger charge is 2.44. The third-order valence-corrected chi connectivity index (χ3v) is 4.75. The molecule has 118 valence electrons. The van der Waals surface area contributed by atoms with Gasteiger partial charge in [-0.3, -0.25) is 0 Å². The SMILES string of the molecule is CCNC(c1c(F)cccc1F)C1(OC)CCC(C)CC1. The lowest BCUT2D eigenvalue weighted by Crippen LogP contribution is -2.48. The molecule has 0 aromatic heterocycles. The summed E-state index contributed by atoms with van der Waals surface area (Å²) in [6, 6.07) is 3.58. The zero-order valence-corrected chi connectivity index (χ0v) is 13.1. The van der Waals surface area contributed by atoms with Gasteiger partial charge in [0.2, 0.25) is 0 Å². The molecule has 0 spiro atoms. The Morgan fingerprint density at radius 1 is 1.29 bits per heavy atom. The van der Waals surface area contributed by atoms with Crippen LogP contribution < -0.4 is 5.32 Å². The minimum absolute atomic E-state index is 0.107. The molecule has 1 atom stereocenters. The summed E-state index contributed by atoms with van der Waals surface area (Å²) in [6.45, 7) is 4.80. The number of nitrogens with one attached hydrogen (secondary N) is 1. The molecule has 2 nitrogen and oxygen atoms in total. The molecule has 0 heterocycles. The molecule has 0 aliphatic heterocycles. The van der Waals surface area contributed by atoms with Crippen LogP contribution in [-0.2, 0) is 4.74 Å². The third kappa shape index (κ3) is 3.27. The molecule has 1 aliphatic rings. The van der Waals surface area contributed by atoms with Crippen molar-refractivity contribution in [2.75, 3.05) is 13.7 Å². The van der Waals surface area contributed by atoms with Crippen LogP contribution in [0.5, 0.6) is 0 Å². The Balaban J connectivity index is 2.41. The Morgan fingerprint density at radius 3 is 2.33 bits per heavy atom. The van der Waals surface area contributed by atoms with E-state index in [0.29, 0.717) is 12.5 Å². The fraction of sp³-hybridized carbons (Fsp3) is 0.647. The Labute approximate surface area is 125 Å². The summed E-state index contributed by atoms with van der Waals surface area (Å²) < 4.78 is 34.3. The van der Waals surface area contributed by atoms with Crippen LogP contribution in [0.3, 0.4) is 0 Å². The average molecular weight is 297 g/mol. The lowest BCUT2D eigenvalue weighted by Gasteiger charge is -2.44. The van der Waals surface area contributed by atoms with E-state index in [2.05, 4.69) is 12.2 Å². The van der Waals surface area contributed by atoms with Crippen LogP contribution in [0.2, 0.25) is 0 Å². The normalized spacial score (nSPS) is 27.6. The summed E-state index contributed by atoms with van der Waals surface area (Å²) in [4.78, 5) is 0. The second-order valence-electron chi connectivity index (χ2n) is 6.08. The average Bonchev–Trinajstić information content (AvgIpc) is 2.47. The van der Waals surface area contributed by atoms with E-state index in [0.717, 1.165) is 25.7 Å². The van der Waals surface area contributed by atoms with E-state index < -0.39 is 23.3 Å². The van der Waals surface area contributed by atoms with Crippen molar-refractivity contribution >= 4 is 0 Å². The van der Waals surface area contributed by atoms with Crippen LogP contribution in [0.15, 0.2) is 18.2 Å². The van der Waals surface area contributed by atoms with Gasteiger partial charge in [0.05, 0.1) is 11.6 Å². The topological polar surface area (TPSA) is 21.3 Å². The number of ether oxygens (including phenoxy) is 1. The van der Waals surface area contributed by atoms with Gasteiger partial charge in [0.1, 0.15) is 11.6 Å². The molecule has 1 unspecified atom stereocenters. The fourth-order valence-electron chi connectivity index (χ4n) is 3.40. The largest absolute Gasteiger partial charge is 0.376 e. The van der Waals surface area contributed by atoms with Gasteiger partial charge < -0.3 is 10.1 Å². The summed E-state index contributed by atoms with van der Waals surface area (Å²) in [7, 11) is 1.65. The van der Waals surface area contributed by atoms with Crippen LogP contribution in [0.1, 0.15) is 51.1 Å². The van der Waals surface area contributed by atoms with Crippen molar-refractivity contribution in [3.63, 3.8) is 0 Å². The lowest BCUT2D eigenvalue weighted by molar-refractivity contribution is -0.0771. The molecule has 4 heteroatoms. The minimum atomic E-state index is -0.536. The van der Waals surface area contributed by atoms with Crippen LogP contribution in [-0.4, -0.2) is 19.3 Å². The molecule has 1 aromatic rings. The van der Waals surface area contributed by atoms with Crippen LogP contribution in [0.25, 0.3) is 0 Å². The maximum atomic E-state index is 14.2. The molecule has 0 amide bonds. The standard InChI is InChI=1S/C17H25F2NO/c1-4-20-16(15-13(18)6-5-7-14(15)19)17(21-3)10-8-12(2)9-11-17/h5-7,12,16,20H,4,8-11H2,1-3H3. The number of hydrogen-bond donors (Lipinski definition) is 1. The summed E-state index contributed by atoms with van der Waals surface area (Å²) >= 11 is 0. The van der Waals surface area contributed by atoms with Gasteiger partial charge in [0.25, 0.3) is 0 Å². The Bertz CT molecular complexity index is 450. The number of benzene rings is 1. The quantitative estimate of drug-likeness (QED) is 0.879. The van der Waals surface area contributed by atoms with Crippen molar-refractivity contribution in [2.24, 2.45) is 5.92 Å². The van der Waals surface area contributed by atoms with E-state index in [9.17, 15) is 8.78 Å². The van der Waals surface area contributed by atoms with Gasteiger partial charge in [0, 0.05) is 12.7 Å². The molecule has 1 N–H and O–H groups in total. The highest BCUT2D eigenvalue weighted by Crippen LogP contribution is 2.44. The van der Waals surface area contributed by atoms with Gasteiger partial charge in [-0.15, -0.1) is 0 Å². The van der Waals surface area contributed by atoms with Crippen molar-refractivity contribution < 1.29 is 13.5 Å². The van der Waals surface area contributed by atoms with Crippen molar-refractivity contribution in [3.8, 4) is 0 Å². The summed E-state index contributed by atoms with van der Waals surface area (Å²) in [5.41, 5.74) is -0.429. The van der Waals surface area contributed by atoms with Gasteiger partial charge >= 0.3 is 0 Å². The van der Waals surface area contributed by atoms with Gasteiger partial charge in [-0.05, 0) is 50.3 Å². The summed E-state index contributed by atoms with van der Waals surface area (Å²) in [5, 5.41) is 3.25. The second-order valence-corrected chi connectivity index (χ2v) is 6.08. The Kier molecular flexibility index (Phi) is 5.33. The van der Waals surface area contributed by atoms with E-state index in [-0.39, 0.29) is 5.56 Å². The van der Waals surface area contributed by atoms with Gasteiger partial charge in [-0.2, -0.15) is 0 Å². The van der Waals surface area contributed by atoms with Crippen molar-refractivity contribution in [3.05, 3.63) is 35.4 Å². The molecule has 0 radical (unpaired) electrons. The minimum Gasteiger partial charge on any atom is -0.376 e. The predicted molar refractivity (Wildman–Crippen MR) is 80.1 cm³/mol. The number of likely N-dealkylation sites (N-methyl/N-ethyl adjacent to an activating group) is 1. The number of halogens is 2. The van der Waals surface area contributed by atoms with Crippen molar-refractivity contribution in [1.29, 1.82) is 0 Å². The molecule has 1 aromatic carbocycles. The van der Waals surface area contributed by atoms with E-state index in [1.807, 2.05) is 6.92 Å². The smallest absolute Gasteiger partial charge is 0.131 e. The van der Waals surface area contributed by atoms with Crippen LogP contribution in [0.4, 0.5) is 8.78 Å². The first kappa shape index (κ1) is 16.4. The molecule has 0 saturated heterocycles. The number of hydrogen-bond acceptors (Lipinski definition) is 2. The first-order valence-corrected chi connectivity index (χ1v) is 7.76. The molecule has 0 bridgehead atoms. The summed E-state index contributed by atoms with van der Waals surface area (Å²) in [6.07, 6.45) is 3.67. The molecule has 2 rings (SSSR count). The zero-order chi connectivity index (χ0) is 15.5. The van der Waals surface area contributed by atoms with Gasteiger partial charge in [-0.25, -0.2) is 8.78 Å². The van der Waals surface area contributed by atoms with E-state index >= 15 is 0 Å². The number of methoxy groups -OCH3 is 1. The molecule has 21 heavy (non-hydrogen) atoms. The maximum Gasteiger partial charge on any atom is 0.131 e. The highest BCUT2D eigenvalue weighted by molar-refractivity contribution is 5.27. The molecular formula is C17H25F2NO. The first-order valence-electron chi connectivity index (χ1n) is 7.76. The van der Waals surface area contributed by atoms with Gasteiger partial charge in [-0.1, -0.05) is 19.9 Å². The zero-order valence-electron chi connectivity index (χ0n) is 13.1. The van der Waals surface area contributed by atoms with Crippen molar-refractivity contribution in [2.45, 2.75) is 51.2 Å². The van der Waals surface area contributed by atoms with E-state index in [4.69, 9.17) is 4.74 Å². The molecule has 1 saturated carbocycles. The fourth-order valence-corrected chi connectivity index (χ4v) is 3.40.